The van der Waals surface area contributed by atoms with E-state index in [0.29, 0.717) is 20.4 Å². The third-order valence-electron chi connectivity index (χ3n) is 2.65. The molecule has 0 aliphatic heterocycles. The van der Waals surface area contributed by atoms with Crippen LogP contribution in [0.25, 0.3) is 0 Å². The Hall–Kier alpha value is -1.68. The van der Waals surface area contributed by atoms with Crippen LogP contribution in [0, 0.1) is 11.3 Å². The summed E-state index contributed by atoms with van der Waals surface area (Å²) in [6, 6.07) is 14.6. The lowest BCUT2D eigenvalue weighted by atomic mass is 10.2. The fourth-order valence-corrected chi connectivity index (χ4v) is 4.98. The van der Waals surface area contributed by atoms with E-state index in [9.17, 15) is 8.42 Å². The fourth-order valence-electron chi connectivity index (χ4n) is 1.70. The lowest BCUT2D eigenvalue weighted by molar-refractivity contribution is 0.675. The Balaban J connectivity index is 2.68. The predicted octanol–water partition coefficient (Wildman–Crippen LogP) is 3.39. The number of rotatable bonds is 3. The molecule has 0 aliphatic carbocycles. The molecule has 0 fully saturated rings. The Bertz CT molecular complexity index is 831. The fraction of sp³-hybridized carbons (Fsp3) is 0.0714. The Morgan fingerprint density at radius 1 is 1.10 bits per heavy atom. The lowest BCUT2D eigenvalue weighted by Gasteiger charge is -2.10. The summed E-state index contributed by atoms with van der Waals surface area (Å²) in [7, 11) is -4.63. The molecule has 0 bridgehead atoms. The van der Waals surface area contributed by atoms with Crippen molar-refractivity contribution in [3.8, 4) is 6.07 Å². The van der Waals surface area contributed by atoms with Gasteiger partial charge in [0, 0.05) is 11.3 Å². The van der Waals surface area contributed by atoms with Crippen LogP contribution >= 0.6 is 11.6 Å². The molecule has 2 atom stereocenters. The third kappa shape index (κ3) is 3.50. The van der Waals surface area contributed by atoms with Crippen molar-refractivity contribution in [1.82, 2.24) is 0 Å². The summed E-state index contributed by atoms with van der Waals surface area (Å²) < 4.78 is 28.6. The molecule has 0 amide bonds. The van der Waals surface area contributed by atoms with E-state index < -0.39 is 20.7 Å². The zero-order valence-corrected chi connectivity index (χ0v) is 13.4. The molecule has 0 saturated heterocycles. The van der Waals surface area contributed by atoms with E-state index in [1.807, 2.05) is 6.07 Å². The van der Waals surface area contributed by atoms with Crippen LogP contribution in [0.4, 0.5) is 0 Å². The van der Waals surface area contributed by atoms with Crippen LogP contribution in [0.15, 0.2) is 62.1 Å². The molecule has 0 heterocycles. The highest BCUT2D eigenvalue weighted by Gasteiger charge is 2.17. The maximum atomic E-state index is 13.2. The monoisotopic (exact) mass is 338 g/mol. The minimum atomic E-state index is -3.03. The second-order valence-corrected chi connectivity index (χ2v) is 7.99. The van der Waals surface area contributed by atoms with E-state index in [0.717, 1.165) is 0 Å². The third-order valence-corrected chi connectivity index (χ3v) is 6.40. The molecular weight excluding hydrogens is 328 g/mol. The van der Waals surface area contributed by atoms with Crippen LogP contribution in [0.3, 0.4) is 0 Å². The van der Waals surface area contributed by atoms with Crippen molar-refractivity contribution in [1.29, 1.82) is 5.26 Å². The van der Waals surface area contributed by atoms with Crippen molar-refractivity contribution in [2.24, 2.45) is 3.77 Å². The van der Waals surface area contributed by atoms with Gasteiger partial charge in [0.1, 0.15) is 20.7 Å². The number of hydrogen-bond acceptors (Lipinski definition) is 3. The van der Waals surface area contributed by atoms with Crippen molar-refractivity contribution in [3.63, 3.8) is 0 Å². The molecule has 7 heteroatoms. The molecular formula is C14H11ClN2O2S2. The normalized spacial score (nSPS) is 14.7. The highest BCUT2D eigenvalue weighted by atomic mass is 35.5. The van der Waals surface area contributed by atoms with Gasteiger partial charge in [-0.25, -0.2) is 8.42 Å². The lowest BCUT2D eigenvalue weighted by Crippen LogP contribution is -2.03. The van der Waals surface area contributed by atoms with E-state index in [1.165, 1.54) is 6.26 Å². The van der Waals surface area contributed by atoms with Gasteiger partial charge in [-0.3, -0.25) is 0 Å². The van der Waals surface area contributed by atoms with Gasteiger partial charge in [0.05, 0.1) is 21.4 Å². The van der Waals surface area contributed by atoms with Crippen molar-refractivity contribution < 1.29 is 8.42 Å². The molecule has 0 saturated carbocycles. The number of hydrogen-bond donors (Lipinski definition) is 0. The zero-order chi connectivity index (χ0) is 15.5. The van der Waals surface area contributed by atoms with Gasteiger partial charge < -0.3 is 0 Å². The Kier molecular flexibility index (Phi) is 4.78. The number of nitrogens with zero attached hydrogens (tertiary/aromatic N) is 2. The number of benzene rings is 2. The Morgan fingerprint density at radius 2 is 1.57 bits per heavy atom. The van der Waals surface area contributed by atoms with Gasteiger partial charge in [-0.2, -0.15) is 5.26 Å². The van der Waals surface area contributed by atoms with Crippen molar-refractivity contribution in [3.05, 3.63) is 59.1 Å². The van der Waals surface area contributed by atoms with E-state index in [-0.39, 0.29) is 0 Å². The summed E-state index contributed by atoms with van der Waals surface area (Å²) in [5, 5.41) is 9.33. The minimum Gasteiger partial charge on any atom is -0.239 e. The van der Waals surface area contributed by atoms with Gasteiger partial charge in [0.2, 0.25) is 0 Å². The van der Waals surface area contributed by atoms with Gasteiger partial charge in [-0.05, 0) is 48.5 Å². The van der Waals surface area contributed by atoms with Gasteiger partial charge in [-0.1, -0.05) is 11.6 Å². The first kappa shape index (κ1) is 15.7. The molecule has 21 heavy (non-hydrogen) atoms. The molecule has 2 aromatic rings. The number of halogens is 1. The average Bonchev–Trinajstić information content (AvgIpc) is 2.47. The molecule has 2 aromatic carbocycles. The Morgan fingerprint density at radius 3 is 2.00 bits per heavy atom. The standard InChI is InChI=1S/C14H11ClN2O2S2/c1-20(18)17-21(19,14-8-4-12(15)5-9-14)13-6-2-11(10-16)3-7-13/h2-9H,1H3. The second kappa shape index (κ2) is 6.39. The quantitative estimate of drug-likeness (QED) is 0.861. The molecule has 0 aromatic heterocycles. The molecule has 0 spiro atoms. The predicted molar refractivity (Wildman–Crippen MR) is 83.8 cm³/mol. The highest BCUT2D eigenvalue weighted by molar-refractivity contribution is 8.00. The first-order valence-electron chi connectivity index (χ1n) is 5.82. The highest BCUT2D eigenvalue weighted by Crippen LogP contribution is 2.25. The molecule has 2 unspecified atom stereocenters. The second-order valence-electron chi connectivity index (χ2n) is 4.11. The largest absolute Gasteiger partial charge is 0.239 e. The summed E-state index contributed by atoms with van der Waals surface area (Å²) in [6.45, 7) is 0. The van der Waals surface area contributed by atoms with Crippen LogP contribution in [0.1, 0.15) is 5.56 Å². The van der Waals surface area contributed by atoms with Crippen LogP contribution < -0.4 is 0 Å². The molecule has 0 radical (unpaired) electrons. The molecule has 4 nitrogen and oxygen atoms in total. The van der Waals surface area contributed by atoms with Crippen molar-refractivity contribution in [2.45, 2.75) is 9.79 Å². The van der Waals surface area contributed by atoms with Crippen LogP contribution in [0.5, 0.6) is 0 Å². The van der Waals surface area contributed by atoms with E-state index in [1.54, 1.807) is 48.5 Å². The van der Waals surface area contributed by atoms with E-state index in [2.05, 4.69) is 3.77 Å². The zero-order valence-electron chi connectivity index (χ0n) is 11.0. The van der Waals surface area contributed by atoms with Gasteiger partial charge in [-0.15, -0.1) is 3.77 Å². The molecule has 2 rings (SSSR count). The van der Waals surface area contributed by atoms with Gasteiger partial charge in [0.15, 0.2) is 0 Å². The summed E-state index contributed by atoms with van der Waals surface area (Å²) in [5.74, 6) is 0. The number of nitriles is 1. The minimum absolute atomic E-state index is 0.402. The Labute approximate surface area is 131 Å². The summed E-state index contributed by atoms with van der Waals surface area (Å²) in [5.41, 5.74) is 0.453. The first-order valence-corrected chi connectivity index (χ1v) is 9.23. The van der Waals surface area contributed by atoms with E-state index >= 15 is 0 Å². The molecule has 0 aliphatic rings. The smallest absolute Gasteiger partial charge is 0.145 e. The van der Waals surface area contributed by atoms with E-state index in [4.69, 9.17) is 16.9 Å². The summed E-state index contributed by atoms with van der Waals surface area (Å²) >= 11 is 5.83. The van der Waals surface area contributed by atoms with Crippen molar-refractivity contribution in [2.75, 3.05) is 6.26 Å². The van der Waals surface area contributed by atoms with Gasteiger partial charge in [0.25, 0.3) is 0 Å². The van der Waals surface area contributed by atoms with Crippen LogP contribution in [-0.2, 0) is 20.7 Å². The maximum absolute atomic E-state index is 13.2. The summed E-state index contributed by atoms with van der Waals surface area (Å²) in [6.07, 6.45) is 1.36. The van der Waals surface area contributed by atoms with Crippen LogP contribution in [-0.4, -0.2) is 14.7 Å². The van der Waals surface area contributed by atoms with Crippen molar-refractivity contribution >= 4 is 32.3 Å². The molecule has 0 N–H and O–H groups in total. The topological polar surface area (TPSA) is 70.3 Å². The SMILES string of the molecule is CS(=O)N=S(=O)(c1ccc(Cl)cc1)c1ccc(C#N)cc1. The van der Waals surface area contributed by atoms with Gasteiger partial charge >= 0.3 is 0 Å². The summed E-state index contributed by atoms with van der Waals surface area (Å²) in [4.78, 5) is 0.825. The van der Waals surface area contributed by atoms with Crippen LogP contribution in [0.2, 0.25) is 5.02 Å². The average molecular weight is 339 g/mol. The molecule has 108 valence electrons. The maximum Gasteiger partial charge on any atom is 0.145 e. The first-order chi connectivity index (χ1) is 9.95.